The summed E-state index contributed by atoms with van der Waals surface area (Å²) in [5, 5.41) is 6.46. The Kier molecular flexibility index (Phi) is 4.03. The monoisotopic (exact) mass is 286 g/mol. The molecule has 21 heavy (non-hydrogen) atoms. The maximum atomic E-state index is 12.5. The first kappa shape index (κ1) is 14.6. The highest BCUT2D eigenvalue weighted by atomic mass is 16.2. The SMILES string of the molecule is CCN[C@H](C)CNC(=O)C1CC12CCCc1ccccc12. The molecule has 3 nitrogen and oxygen atoms in total. The van der Waals surface area contributed by atoms with Crippen molar-refractivity contribution in [2.75, 3.05) is 13.1 Å². The molecule has 1 amide bonds. The Morgan fingerprint density at radius 2 is 2.24 bits per heavy atom. The van der Waals surface area contributed by atoms with Gasteiger partial charge in [0, 0.05) is 23.9 Å². The van der Waals surface area contributed by atoms with E-state index in [0.29, 0.717) is 6.04 Å². The van der Waals surface area contributed by atoms with E-state index in [0.717, 1.165) is 19.5 Å². The molecule has 3 rings (SSSR count). The molecule has 2 aliphatic rings. The van der Waals surface area contributed by atoms with Crippen LogP contribution in [0, 0.1) is 5.92 Å². The van der Waals surface area contributed by atoms with Gasteiger partial charge in [0.05, 0.1) is 0 Å². The van der Waals surface area contributed by atoms with Crippen LogP contribution >= 0.6 is 0 Å². The minimum absolute atomic E-state index is 0.153. The van der Waals surface area contributed by atoms with Gasteiger partial charge in [-0.2, -0.15) is 0 Å². The number of fused-ring (bicyclic) bond motifs is 2. The van der Waals surface area contributed by atoms with E-state index < -0.39 is 0 Å². The van der Waals surface area contributed by atoms with Gasteiger partial charge in [0.1, 0.15) is 0 Å². The minimum atomic E-state index is 0.153. The fourth-order valence-corrected chi connectivity index (χ4v) is 3.97. The summed E-state index contributed by atoms with van der Waals surface area (Å²) in [6, 6.07) is 9.05. The van der Waals surface area contributed by atoms with Crippen LogP contribution in [0.1, 0.15) is 44.2 Å². The van der Waals surface area contributed by atoms with Gasteiger partial charge in [-0.15, -0.1) is 0 Å². The second kappa shape index (κ2) is 5.80. The summed E-state index contributed by atoms with van der Waals surface area (Å²) in [7, 11) is 0. The van der Waals surface area contributed by atoms with Gasteiger partial charge >= 0.3 is 0 Å². The van der Waals surface area contributed by atoms with Gasteiger partial charge in [0.15, 0.2) is 0 Å². The Labute approximate surface area is 127 Å². The van der Waals surface area contributed by atoms with Gasteiger partial charge < -0.3 is 10.6 Å². The average molecular weight is 286 g/mol. The molecule has 0 radical (unpaired) electrons. The Balaban J connectivity index is 1.65. The Bertz CT molecular complexity index is 528. The number of hydrogen-bond donors (Lipinski definition) is 2. The number of carbonyl (C=O) groups is 1. The number of benzene rings is 1. The number of aryl methyl sites for hydroxylation is 1. The van der Waals surface area contributed by atoms with E-state index in [1.807, 2.05) is 0 Å². The number of rotatable bonds is 5. The molecule has 1 fully saturated rings. The van der Waals surface area contributed by atoms with E-state index in [4.69, 9.17) is 0 Å². The number of amides is 1. The standard InChI is InChI=1S/C18H26N2O/c1-3-19-13(2)12-20-17(21)16-11-18(16)10-6-8-14-7-4-5-9-15(14)18/h4-5,7,9,13,16,19H,3,6,8,10-12H2,1-2H3,(H,20,21)/t13-,16?,18?/m1/s1. The Hall–Kier alpha value is -1.35. The van der Waals surface area contributed by atoms with Crippen LogP contribution in [-0.2, 0) is 16.6 Å². The number of hydrogen-bond acceptors (Lipinski definition) is 2. The minimum Gasteiger partial charge on any atom is -0.354 e. The molecule has 0 bridgehead atoms. The van der Waals surface area contributed by atoms with E-state index in [9.17, 15) is 4.79 Å². The predicted molar refractivity (Wildman–Crippen MR) is 85.3 cm³/mol. The van der Waals surface area contributed by atoms with Gasteiger partial charge in [-0.25, -0.2) is 0 Å². The molecular formula is C18H26N2O. The molecule has 0 heterocycles. The van der Waals surface area contributed by atoms with Crippen LogP contribution in [0.4, 0.5) is 0 Å². The first-order valence-electron chi connectivity index (χ1n) is 8.27. The molecular weight excluding hydrogens is 260 g/mol. The highest BCUT2D eigenvalue weighted by Crippen LogP contribution is 2.60. The Morgan fingerprint density at radius 1 is 1.43 bits per heavy atom. The Morgan fingerprint density at radius 3 is 3.05 bits per heavy atom. The number of carbonyl (C=O) groups excluding carboxylic acids is 1. The summed E-state index contributed by atoms with van der Waals surface area (Å²) in [5.74, 6) is 0.434. The van der Waals surface area contributed by atoms with Crippen molar-refractivity contribution in [3.8, 4) is 0 Å². The number of nitrogens with one attached hydrogen (secondary N) is 2. The van der Waals surface area contributed by atoms with Crippen LogP contribution in [0.3, 0.4) is 0 Å². The van der Waals surface area contributed by atoms with Crippen LogP contribution in [0.25, 0.3) is 0 Å². The van der Waals surface area contributed by atoms with Crippen LogP contribution in [0.5, 0.6) is 0 Å². The lowest BCUT2D eigenvalue weighted by molar-refractivity contribution is -0.122. The largest absolute Gasteiger partial charge is 0.354 e. The van der Waals surface area contributed by atoms with Crippen molar-refractivity contribution in [2.24, 2.45) is 5.92 Å². The molecule has 1 aromatic carbocycles. The molecule has 1 saturated carbocycles. The fourth-order valence-electron chi connectivity index (χ4n) is 3.97. The highest BCUT2D eigenvalue weighted by molar-refractivity contribution is 5.84. The molecule has 2 aliphatic carbocycles. The van der Waals surface area contributed by atoms with Crippen molar-refractivity contribution in [3.05, 3.63) is 35.4 Å². The van der Waals surface area contributed by atoms with Crippen molar-refractivity contribution in [1.29, 1.82) is 0 Å². The van der Waals surface area contributed by atoms with Crippen LogP contribution in [0.2, 0.25) is 0 Å². The van der Waals surface area contributed by atoms with Crippen molar-refractivity contribution in [3.63, 3.8) is 0 Å². The topological polar surface area (TPSA) is 41.1 Å². The first-order valence-corrected chi connectivity index (χ1v) is 8.27. The van der Waals surface area contributed by atoms with Gasteiger partial charge in [-0.3, -0.25) is 4.79 Å². The lowest BCUT2D eigenvalue weighted by atomic mass is 9.78. The second-order valence-corrected chi connectivity index (χ2v) is 6.63. The van der Waals surface area contributed by atoms with Gasteiger partial charge in [-0.1, -0.05) is 31.2 Å². The van der Waals surface area contributed by atoms with E-state index >= 15 is 0 Å². The van der Waals surface area contributed by atoms with Crippen molar-refractivity contribution < 1.29 is 4.79 Å². The molecule has 2 unspecified atom stereocenters. The van der Waals surface area contributed by atoms with E-state index in [-0.39, 0.29) is 17.2 Å². The zero-order valence-corrected chi connectivity index (χ0v) is 13.1. The molecule has 0 saturated heterocycles. The molecule has 0 aliphatic heterocycles. The molecule has 1 aromatic rings. The zero-order chi connectivity index (χ0) is 14.9. The van der Waals surface area contributed by atoms with Crippen LogP contribution in [0.15, 0.2) is 24.3 Å². The number of likely N-dealkylation sites (N-methyl/N-ethyl adjacent to an activating group) is 1. The second-order valence-electron chi connectivity index (χ2n) is 6.63. The van der Waals surface area contributed by atoms with Crippen molar-refractivity contribution in [1.82, 2.24) is 10.6 Å². The third-order valence-electron chi connectivity index (χ3n) is 5.15. The van der Waals surface area contributed by atoms with E-state index in [1.165, 1.54) is 30.4 Å². The lowest BCUT2D eigenvalue weighted by Crippen LogP contribution is -2.40. The summed E-state index contributed by atoms with van der Waals surface area (Å²) in [5.41, 5.74) is 3.05. The normalized spacial score (nSPS) is 28.0. The molecule has 2 N–H and O–H groups in total. The van der Waals surface area contributed by atoms with Crippen LogP contribution < -0.4 is 10.6 Å². The molecule has 3 atom stereocenters. The predicted octanol–water partition coefficient (Wildman–Crippen LogP) is 2.39. The first-order chi connectivity index (χ1) is 10.2. The summed E-state index contributed by atoms with van der Waals surface area (Å²) >= 11 is 0. The molecule has 0 aromatic heterocycles. The third kappa shape index (κ3) is 2.71. The van der Waals surface area contributed by atoms with Crippen molar-refractivity contribution in [2.45, 2.75) is 51.0 Å². The van der Waals surface area contributed by atoms with Gasteiger partial charge in [0.2, 0.25) is 5.91 Å². The van der Waals surface area contributed by atoms with E-state index in [1.54, 1.807) is 0 Å². The van der Waals surface area contributed by atoms with Crippen LogP contribution in [-0.4, -0.2) is 25.0 Å². The molecule has 3 heteroatoms. The fraction of sp³-hybridized carbons (Fsp3) is 0.611. The summed E-state index contributed by atoms with van der Waals surface area (Å²) in [6.45, 7) is 5.87. The molecule has 1 spiro atoms. The van der Waals surface area contributed by atoms with Gasteiger partial charge in [-0.05, 0) is 50.3 Å². The lowest BCUT2D eigenvalue weighted by Gasteiger charge is -2.26. The van der Waals surface area contributed by atoms with E-state index in [2.05, 4.69) is 48.7 Å². The van der Waals surface area contributed by atoms with Crippen molar-refractivity contribution >= 4 is 5.91 Å². The summed E-state index contributed by atoms with van der Waals surface area (Å²) < 4.78 is 0. The summed E-state index contributed by atoms with van der Waals surface area (Å²) in [4.78, 5) is 12.5. The van der Waals surface area contributed by atoms with Gasteiger partial charge in [0.25, 0.3) is 0 Å². The third-order valence-corrected chi connectivity index (χ3v) is 5.15. The average Bonchev–Trinajstić information content (AvgIpc) is 3.21. The quantitative estimate of drug-likeness (QED) is 0.872. The highest BCUT2D eigenvalue weighted by Gasteiger charge is 2.59. The zero-order valence-electron chi connectivity index (χ0n) is 13.1. The summed E-state index contributed by atoms with van der Waals surface area (Å²) in [6.07, 6.45) is 4.59. The maximum absolute atomic E-state index is 12.5. The maximum Gasteiger partial charge on any atom is 0.224 e. The molecule has 114 valence electrons. The smallest absolute Gasteiger partial charge is 0.224 e.